The van der Waals surface area contributed by atoms with Crippen molar-refractivity contribution in [1.29, 1.82) is 0 Å². The quantitative estimate of drug-likeness (QED) is 0.807. The standard InChI is InChI=1S/C15H26BrN3/c1-10(2)14(11(3)4)9-19-15(6-17)12-5-13(16)8-18-7-12/h5,7-8,10-11,14-15,19H,6,9,17H2,1-4H3. The molecule has 0 aliphatic rings. The molecule has 0 bridgehead atoms. The minimum Gasteiger partial charge on any atom is -0.329 e. The first-order chi connectivity index (χ1) is 8.95. The number of nitrogens with zero attached hydrogens (tertiary/aromatic N) is 1. The van der Waals surface area contributed by atoms with Gasteiger partial charge in [-0.15, -0.1) is 0 Å². The van der Waals surface area contributed by atoms with Gasteiger partial charge in [-0.05, 0) is 51.9 Å². The third-order valence-corrected chi connectivity index (χ3v) is 4.11. The Kier molecular flexibility index (Phi) is 6.97. The lowest BCUT2D eigenvalue weighted by Gasteiger charge is -2.28. The van der Waals surface area contributed by atoms with E-state index in [4.69, 9.17) is 5.73 Å². The SMILES string of the molecule is CC(C)C(CNC(CN)c1cncc(Br)c1)C(C)C. The summed E-state index contributed by atoms with van der Waals surface area (Å²) in [7, 11) is 0. The summed E-state index contributed by atoms with van der Waals surface area (Å²) in [5.41, 5.74) is 7.03. The van der Waals surface area contributed by atoms with Gasteiger partial charge in [-0.25, -0.2) is 0 Å². The zero-order valence-electron chi connectivity index (χ0n) is 12.4. The van der Waals surface area contributed by atoms with Crippen LogP contribution in [0.15, 0.2) is 22.9 Å². The van der Waals surface area contributed by atoms with Crippen LogP contribution in [0.1, 0.15) is 39.3 Å². The van der Waals surface area contributed by atoms with Gasteiger partial charge >= 0.3 is 0 Å². The zero-order valence-corrected chi connectivity index (χ0v) is 13.9. The van der Waals surface area contributed by atoms with Crippen LogP contribution in [-0.2, 0) is 0 Å². The predicted octanol–water partition coefficient (Wildman–Crippen LogP) is 3.36. The minimum atomic E-state index is 0.171. The number of nitrogens with two attached hydrogens (primary N) is 1. The van der Waals surface area contributed by atoms with Gasteiger partial charge in [0.15, 0.2) is 0 Å². The number of hydrogen-bond donors (Lipinski definition) is 2. The summed E-state index contributed by atoms with van der Waals surface area (Å²) < 4.78 is 0.995. The smallest absolute Gasteiger partial charge is 0.0460 e. The average molecular weight is 328 g/mol. The van der Waals surface area contributed by atoms with Crippen molar-refractivity contribution >= 4 is 15.9 Å². The molecule has 4 heteroatoms. The number of nitrogens with one attached hydrogen (secondary N) is 1. The van der Waals surface area contributed by atoms with Crippen molar-refractivity contribution in [2.75, 3.05) is 13.1 Å². The molecule has 108 valence electrons. The van der Waals surface area contributed by atoms with Gasteiger partial charge in [-0.1, -0.05) is 27.7 Å². The van der Waals surface area contributed by atoms with Crippen molar-refractivity contribution in [2.24, 2.45) is 23.5 Å². The van der Waals surface area contributed by atoms with E-state index < -0.39 is 0 Å². The van der Waals surface area contributed by atoms with Crippen LogP contribution in [0.5, 0.6) is 0 Å². The fraction of sp³-hybridized carbons (Fsp3) is 0.667. The molecule has 19 heavy (non-hydrogen) atoms. The predicted molar refractivity (Wildman–Crippen MR) is 84.9 cm³/mol. The van der Waals surface area contributed by atoms with Crippen molar-refractivity contribution in [3.8, 4) is 0 Å². The second kappa shape index (κ2) is 7.98. The lowest BCUT2D eigenvalue weighted by atomic mass is 9.85. The second-order valence-electron chi connectivity index (χ2n) is 5.78. The summed E-state index contributed by atoms with van der Waals surface area (Å²) in [6.07, 6.45) is 3.68. The number of rotatable bonds is 7. The highest BCUT2D eigenvalue weighted by Crippen LogP contribution is 2.21. The van der Waals surface area contributed by atoms with E-state index in [2.05, 4.69) is 60.0 Å². The van der Waals surface area contributed by atoms with Crippen LogP contribution in [0.25, 0.3) is 0 Å². The van der Waals surface area contributed by atoms with Crippen molar-refractivity contribution in [3.05, 3.63) is 28.5 Å². The largest absolute Gasteiger partial charge is 0.329 e. The number of aromatic nitrogens is 1. The normalized spacial score (nSPS) is 13.5. The molecule has 0 aliphatic carbocycles. The summed E-state index contributed by atoms with van der Waals surface area (Å²) in [4.78, 5) is 4.21. The first-order valence-electron chi connectivity index (χ1n) is 6.99. The van der Waals surface area contributed by atoms with E-state index in [1.54, 1.807) is 6.20 Å². The first-order valence-corrected chi connectivity index (χ1v) is 7.78. The fourth-order valence-corrected chi connectivity index (χ4v) is 2.86. The molecule has 1 aromatic heterocycles. The van der Waals surface area contributed by atoms with Crippen LogP contribution in [0.3, 0.4) is 0 Å². The molecule has 0 aliphatic heterocycles. The Hall–Kier alpha value is -0.450. The van der Waals surface area contributed by atoms with E-state index in [1.165, 1.54) is 0 Å². The van der Waals surface area contributed by atoms with Gasteiger partial charge in [0.25, 0.3) is 0 Å². The Morgan fingerprint density at radius 1 is 1.21 bits per heavy atom. The zero-order chi connectivity index (χ0) is 14.4. The van der Waals surface area contributed by atoms with Crippen molar-refractivity contribution in [2.45, 2.75) is 33.7 Å². The Bertz CT molecular complexity index is 371. The molecule has 3 N–H and O–H groups in total. The molecule has 0 fully saturated rings. The summed E-state index contributed by atoms with van der Waals surface area (Å²) in [5, 5.41) is 3.59. The topological polar surface area (TPSA) is 50.9 Å². The van der Waals surface area contributed by atoms with Crippen molar-refractivity contribution < 1.29 is 0 Å². The monoisotopic (exact) mass is 327 g/mol. The van der Waals surface area contributed by atoms with E-state index in [0.717, 1.165) is 16.6 Å². The summed E-state index contributed by atoms with van der Waals surface area (Å²) in [5.74, 6) is 2.01. The van der Waals surface area contributed by atoms with Gasteiger partial charge in [-0.2, -0.15) is 0 Å². The Labute approximate surface area is 125 Å². The van der Waals surface area contributed by atoms with E-state index in [-0.39, 0.29) is 6.04 Å². The van der Waals surface area contributed by atoms with Gasteiger partial charge in [0.05, 0.1) is 0 Å². The molecule has 0 radical (unpaired) electrons. The highest BCUT2D eigenvalue weighted by molar-refractivity contribution is 9.10. The van der Waals surface area contributed by atoms with Gasteiger partial charge in [0.1, 0.15) is 0 Å². The molecular formula is C15H26BrN3. The lowest BCUT2D eigenvalue weighted by molar-refractivity contribution is 0.266. The summed E-state index contributed by atoms with van der Waals surface area (Å²) in [6.45, 7) is 10.7. The Morgan fingerprint density at radius 3 is 2.32 bits per heavy atom. The average Bonchev–Trinajstić information content (AvgIpc) is 2.33. The Morgan fingerprint density at radius 2 is 1.84 bits per heavy atom. The molecule has 0 amide bonds. The van der Waals surface area contributed by atoms with E-state index in [0.29, 0.717) is 24.3 Å². The van der Waals surface area contributed by atoms with Crippen LogP contribution in [0.2, 0.25) is 0 Å². The van der Waals surface area contributed by atoms with Gasteiger partial charge in [0, 0.05) is 29.5 Å². The minimum absolute atomic E-state index is 0.171. The molecule has 1 unspecified atom stereocenters. The third kappa shape index (κ3) is 5.21. The number of halogens is 1. The molecule has 3 nitrogen and oxygen atoms in total. The van der Waals surface area contributed by atoms with E-state index in [9.17, 15) is 0 Å². The second-order valence-corrected chi connectivity index (χ2v) is 6.70. The highest BCUT2D eigenvalue weighted by atomic mass is 79.9. The third-order valence-electron chi connectivity index (χ3n) is 3.68. The number of hydrogen-bond acceptors (Lipinski definition) is 3. The van der Waals surface area contributed by atoms with Gasteiger partial charge in [0.2, 0.25) is 0 Å². The van der Waals surface area contributed by atoms with Crippen molar-refractivity contribution in [1.82, 2.24) is 10.3 Å². The molecular weight excluding hydrogens is 302 g/mol. The van der Waals surface area contributed by atoms with E-state index >= 15 is 0 Å². The van der Waals surface area contributed by atoms with Crippen molar-refractivity contribution in [3.63, 3.8) is 0 Å². The lowest BCUT2D eigenvalue weighted by Crippen LogP contribution is -2.35. The van der Waals surface area contributed by atoms with Crippen LogP contribution in [0, 0.1) is 17.8 Å². The fourth-order valence-electron chi connectivity index (χ4n) is 2.48. The molecule has 0 spiro atoms. The molecule has 1 heterocycles. The van der Waals surface area contributed by atoms with Crippen LogP contribution < -0.4 is 11.1 Å². The molecule has 0 aromatic carbocycles. The summed E-state index contributed by atoms with van der Waals surface area (Å²) >= 11 is 3.46. The summed E-state index contributed by atoms with van der Waals surface area (Å²) in [6, 6.07) is 2.25. The maximum Gasteiger partial charge on any atom is 0.0460 e. The first kappa shape index (κ1) is 16.6. The maximum absolute atomic E-state index is 5.89. The molecule has 1 aromatic rings. The number of pyridine rings is 1. The van der Waals surface area contributed by atoms with Gasteiger partial charge in [-0.3, -0.25) is 4.98 Å². The van der Waals surface area contributed by atoms with Gasteiger partial charge < -0.3 is 11.1 Å². The molecule has 0 saturated carbocycles. The molecule has 0 saturated heterocycles. The molecule has 1 atom stereocenters. The van der Waals surface area contributed by atoms with Crippen LogP contribution >= 0.6 is 15.9 Å². The van der Waals surface area contributed by atoms with Crippen LogP contribution in [-0.4, -0.2) is 18.1 Å². The van der Waals surface area contributed by atoms with E-state index in [1.807, 2.05) is 6.20 Å². The highest BCUT2D eigenvalue weighted by Gasteiger charge is 2.19. The molecule has 1 rings (SSSR count). The Balaban J connectivity index is 2.67. The maximum atomic E-state index is 5.89. The van der Waals surface area contributed by atoms with Crippen LogP contribution in [0.4, 0.5) is 0 Å².